The van der Waals surface area contributed by atoms with Gasteiger partial charge in [0, 0.05) is 0 Å². The van der Waals surface area contributed by atoms with E-state index in [4.69, 9.17) is 0 Å². The molecule has 0 aliphatic carbocycles. The van der Waals surface area contributed by atoms with Gasteiger partial charge in [0.1, 0.15) is 11.8 Å². The maximum absolute atomic E-state index is 12.2. The summed E-state index contributed by atoms with van der Waals surface area (Å²) in [7, 11) is 1.03. The lowest BCUT2D eigenvalue weighted by Crippen LogP contribution is -2.36. The number of hydrogen-bond acceptors (Lipinski definition) is 4. The number of halogens is 5. The number of hydrogen-bond donors (Lipinski definition) is 1. The Hall–Kier alpha value is -1.90. The molecule has 118 valence electrons. The quantitative estimate of drug-likeness (QED) is 0.648. The first-order valence-corrected chi connectivity index (χ1v) is 5.65. The van der Waals surface area contributed by atoms with Crippen molar-refractivity contribution < 1.29 is 36.2 Å². The zero-order valence-corrected chi connectivity index (χ0v) is 10.8. The number of nitrogens with one attached hydrogen (secondary N) is 1. The van der Waals surface area contributed by atoms with E-state index in [1.807, 2.05) is 5.32 Å². The van der Waals surface area contributed by atoms with Crippen LogP contribution in [0.5, 0.6) is 5.75 Å². The Morgan fingerprint density at radius 3 is 2.24 bits per heavy atom. The number of esters is 1. The smallest absolute Gasteiger partial charge is 0.401 e. The summed E-state index contributed by atoms with van der Waals surface area (Å²) in [6.45, 7) is -4.42. The highest BCUT2D eigenvalue weighted by Crippen LogP contribution is 2.22. The first kappa shape index (κ1) is 17.2. The van der Waals surface area contributed by atoms with Crippen molar-refractivity contribution >= 4 is 5.97 Å². The van der Waals surface area contributed by atoms with E-state index in [-0.39, 0.29) is 11.3 Å². The molecule has 0 bridgehead atoms. The van der Waals surface area contributed by atoms with Gasteiger partial charge in [-0.1, -0.05) is 12.1 Å². The van der Waals surface area contributed by atoms with Crippen molar-refractivity contribution in [2.45, 2.75) is 18.8 Å². The third kappa shape index (κ3) is 5.94. The number of benzene rings is 1. The van der Waals surface area contributed by atoms with E-state index in [0.29, 0.717) is 0 Å². The van der Waals surface area contributed by atoms with Gasteiger partial charge in [0.05, 0.1) is 13.7 Å². The van der Waals surface area contributed by atoms with Gasteiger partial charge in [-0.25, -0.2) is 4.79 Å². The van der Waals surface area contributed by atoms with Crippen LogP contribution < -0.4 is 10.1 Å². The molecule has 0 fully saturated rings. The minimum atomic E-state index is -4.51. The largest absolute Gasteiger partial charge is 0.468 e. The molecule has 0 amide bonds. The number of methoxy groups -OCH3 is 1. The van der Waals surface area contributed by atoms with Crippen molar-refractivity contribution in [1.82, 2.24) is 5.32 Å². The predicted molar refractivity (Wildman–Crippen MR) is 61.9 cm³/mol. The van der Waals surface area contributed by atoms with Crippen molar-refractivity contribution in [1.29, 1.82) is 0 Å². The highest BCUT2D eigenvalue weighted by molar-refractivity contribution is 5.77. The van der Waals surface area contributed by atoms with Crippen molar-refractivity contribution in [2.75, 3.05) is 13.7 Å². The molecule has 0 saturated carbocycles. The highest BCUT2D eigenvalue weighted by Gasteiger charge is 2.31. The maximum Gasteiger partial charge on any atom is 0.401 e. The molecule has 1 unspecified atom stereocenters. The number of alkyl halides is 5. The number of carbonyl (C=O) groups is 1. The Bertz CT molecular complexity index is 461. The van der Waals surface area contributed by atoms with E-state index >= 15 is 0 Å². The molecule has 1 aromatic rings. The van der Waals surface area contributed by atoms with Crippen molar-refractivity contribution in [2.24, 2.45) is 0 Å². The second-order valence-corrected chi connectivity index (χ2v) is 3.90. The highest BCUT2D eigenvalue weighted by atomic mass is 19.4. The molecule has 0 aliphatic rings. The van der Waals surface area contributed by atoms with Gasteiger partial charge >= 0.3 is 18.8 Å². The molecule has 1 rings (SSSR count). The van der Waals surface area contributed by atoms with Gasteiger partial charge in [-0.15, -0.1) is 0 Å². The van der Waals surface area contributed by atoms with Crippen molar-refractivity contribution in [3.63, 3.8) is 0 Å². The molecular weight excluding hydrogens is 301 g/mol. The number of ether oxygens (including phenoxy) is 2. The third-order valence-corrected chi connectivity index (χ3v) is 2.38. The Morgan fingerprint density at radius 2 is 1.81 bits per heavy atom. The van der Waals surface area contributed by atoms with E-state index in [2.05, 4.69) is 9.47 Å². The Morgan fingerprint density at radius 1 is 1.24 bits per heavy atom. The van der Waals surface area contributed by atoms with Crippen LogP contribution >= 0.6 is 0 Å². The van der Waals surface area contributed by atoms with Gasteiger partial charge in [-0.05, 0) is 17.7 Å². The topological polar surface area (TPSA) is 47.6 Å². The second-order valence-electron chi connectivity index (χ2n) is 3.90. The average Bonchev–Trinajstić information content (AvgIpc) is 2.38. The van der Waals surface area contributed by atoms with Gasteiger partial charge < -0.3 is 9.47 Å². The zero-order valence-electron chi connectivity index (χ0n) is 10.8. The fraction of sp³-hybridized carbons (Fsp3) is 0.417. The summed E-state index contributed by atoms with van der Waals surface area (Å²) < 4.78 is 69.0. The van der Waals surface area contributed by atoms with Crippen molar-refractivity contribution in [3.8, 4) is 5.75 Å². The molecule has 1 atom stereocenters. The first-order valence-electron chi connectivity index (χ1n) is 5.65. The summed E-state index contributed by atoms with van der Waals surface area (Å²) in [6, 6.07) is 3.27. The van der Waals surface area contributed by atoms with Gasteiger partial charge in [-0.2, -0.15) is 22.0 Å². The second kappa shape index (κ2) is 7.21. The van der Waals surface area contributed by atoms with E-state index < -0.39 is 31.3 Å². The molecular formula is C12H12F5NO3. The summed E-state index contributed by atoms with van der Waals surface area (Å²) in [5.74, 6) is -1.10. The SMILES string of the molecule is COC(=O)C(NCC(F)(F)F)c1ccc(OC(F)F)cc1. The van der Waals surface area contributed by atoms with Gasteiger partial charge in [0.25, 0.3) is 0 Å². The summed E-state index contributed by atoms with van der Waals surface area (Å²) in [5, 5.41) is 2.00. The van der Waals surface area contributed by atoms with Gasteiger partial charge in [0.2, 0.25) is 0 Å². The lowest BCUT2D eigenvalue weighted by atomic mass is 10.1. The van der Waals surface area contributed by atoms with E-state index in [1.54, 1.807) is 0 Å². The zero-order chi connectivity index (χ0) is 16.0. The fourth-order valence-corrected chi connectivity index (χ4v) is 1.51. The van der Waals surface area contributed by atoms with Crippen LogP contribution in [-0.2, 0) is 9.53 Å². The third-order valence-electron chi connectivity index (χ3n) is 2.38. The Kier molecular flexibility index (Phi) is 5.89. The molecule has 0 radical (unpaired) electrons. The molecule has 21 heavy (non-hydrogen) atoms. The van der Waals surface area contributed by atoms with Crippen LogP contribution in [-0.4, -0.2) is 32.4 Å². The predicted octanol–water partition coefficient (Wildman–Crippen LogP) is 2.65. The normalized spacial score (nSPS) is 13.1. The summed E-state index contributed by atoms with van der Waals surface area (Å²) in [4.78, 5) is 11.5. The molecule has 9 heteroatoms. The number of carbonyl (C=O) groups excluding carboxylic acids is 1. The van der Waals surface area contributed by atoms with Crippen LogP contribution in [0.15, 0.2) is 24.3 Å². The fourth-order valence-electron chi connectivity index (χ4n) is 1.51. The molecule has 4 nitrogen and oxygen atoms in total. The standard InChI is InChI=1S/C12H12F5NO3/c1-20-10(19)9(18-6-12(15,16)17)7-2-4-8(5-3-7)21-11(13)14/h2-5,9,11,18H,6H2,1H3. The van der Waals surface area contributed by atoms with Crippen LogP contribution in [0.3, 0.4) is 0 Å². The number of rotatable bonds is 6. The van der Waals surface area contributed by atoms with Crippen LogP contribution in [0.1, 0.15) is 11.6 Å². The summed E-state index contributed by atoms with van der Waals surface area (Å²) in [6.07, 6.45) is -4.51. The molecule has 1 aromatic carbocycles. The Labute approximate surface area is 116 Å². The van der Waals surface area contributed by atoms with Gasteiger partial charge in [0.15, 0.2) is 0 Å². The van der Waals surface area contributed by atoms with E-state index in [1.165, 1.54) is 12.1 Å². The van der Waals surface area contributed by atoms with E-state index in [0.717, 1.165) is 19.2 Å². The van der Waals surface area contributed by atoms with Crippen molar-refractivity contribution in [3.05, 3.63) is 29.8 Å². The molecule has 1 N–H and O–H groups in total. The molecule has 0 saturated heterocycles. The molecule has 0 aromatic heterocycles. The molecule has 0 heterocycles. The van der Waals surface area contributed by atoms with Crippen LogP contribution in [0, 0.1) is 0 Å². The maximum atomic E-state index is 12.2. The monoisotopic (exact) mass is 313 g/mol. The first-order chi connectivity index (χ1) is 9.73. The lowest BCUT2D eigenvalue weighted by Gasteiger charge is -2.18. The van der Waals surface area contributed by atoms with Crippen LogP contribution in [0.25, 0.3) is 0 Å². The molecule has 0 spiro atoms. The summed E-state index contributed by atoms with van der Waals surface area (Å²) in [5.41, 5.74) is 0.132. The van der Waals surface area contributed by atoms with Gasteiger partial charge in [-0.3, -0.25) is 5.32 Å². The van der Waals surface area contributed by atoms with E-state index in [9.17, 15) is 26.7 Å². The van der Waals surface area contributed by atoms with Crippen LogP contribution in [0.4, 0.5) is 22.0 Å². The van der Waals surface area contributed by atoms with Crippen LogP contribution in [0.2, 0.25) is 0 Å². The minimum absolute atomic E-state index is 0.132. The lowest BCUT2D eigenvalue weighted by molar-refractivity contribution is -0.146. The molecule has 0 aliphatic heterocycles. The average molecular weight is 313 g/mol. The summed E-state index contributed by atoms with van der Waals surface area (Å²) >= 11 is 0. The Balaban J connectivity index is 2.85. The minimum Gasteiger partial charge on any atom is -0.468 e.